The Morgan fingerprint density at radius 2 is 1.71 bits per heavy atom. The summed E-state index contributed by atoms with van der Waals surface area (Å²) in [5.41, 5.74) is 3.05. The van der Waals surface area contributed by atoms with E-state index in [9.17, 15) is 4.79 Å². The van der Waals surface area contributed by atoms with Crippen LogP contribution in [0.25, 0.3) is 0 Å². The molecule has 0 spiro atoms. The molecule has 1 aliphatic heterocycles. The van der Waals surface area contributed by atoms with Crippen molar-refractivity contribution in [3.63, 3.8) is 0 Å². The molecule has 0 aromatic heterocycles. The Hall–Kier alpha value is -2.69. The lowest BCUT2D eigenvalue weighted by atomic mass is 10.1. The van der Waals surface area contributed by atoms with Gasteiger partial charge in [-0.15, -0.1) is 0 Å². The highest BCUT2D eigenvalue weighted by molar-refractivity contribution is 5.91. The fourth-order valence-corrected chi connectivity index (χ4v) is 2.52. The Morgan fingerprint density at radius 3 is 2.46 bits per heavy atom. The molecule has 126 valence electrons. The average molecular weight is 326 g/mol. The molecule has 24 heavy (non-hydrogen) atoms. The second-order valence-corrected chi connectivity index (χ2v) is 5.63. The molecule has 2 aromatic carbocycles. The van der Waals surface area contributed by atoms with E-state index >= 15 is 0 Å². The second-order valence-electron chi connectivity index (χ2n) is 5.63. The van der Waals surface area contributed by atoms with E-state index in [0.717, 1.165) is 23.5 Å². The van der Waals surface area contributed by atoms with Crippen LogP contribution in [-0.2, 0) is 11.2 Å². The first kappa shape index (κ1) is 16.2. The van der Waals surface area contributed by atoms with Crippen molar-refractivity contribution in [1.29, 1.82) is 0 Å². The lowest BCUT2D eigenvalue weighted by Gasteiger charge is -2.19. The first-order valence-corrected chi connectivity index (χ1v) is 8.27. The molecule has 5 heteroatoms. The van der Waals surface area contributed by atoms with E-state index in [4.69, 9.17) is 9.47 Å². The number of hydrogen-bond donors (Lipinski definition) is 2. The molecule has 0 saturated heterocycles. The number of fused-ring (bicyclic) bond motifs is 1. The fraction of sp³-hybridized carbons (Fsp3) is 0.316. The minimum Gasteiger partial charge on any atom is -0.486 e. The summed E-state index contributed by atoms with van der Waals surface area (Å²) in [6, 6.07) is 13.7. The quantitative estimate of drug-likeness (QED) is 0.853. The van der Waals surface area contributed by atoms with Gasteiger partial charge < -0.3 is 20.1 Å². The minimum atomic E-state index is -0.0376. The molecule has 0 saturated carbocycles. The molecule has 0 radical (unpaired) electrons. The van der Waals surface area contributed by atoms with Crippen molar-refractivity contribution < 1.29 is 14.3 Å². The Labute approximate surface area is 142 Å². The molecule has 0 atom stereocenters. The van der Waals surface area contributed by atoms with Gasteiger partial charge in [0.15, 0.2) is 11.5 Å². The summed E-state index contributed by atoms with van der Waals surface area (Å²) >= 11 is 0. The van der Waals surface area contributed by atoms with Gasteiger partial charge in [-0.1, -0.05) is 19.1 Å². The van der Waals surface area contributed by atoms with Crippen molar-refractivity contribution in [2.45, 2.75) is 19.8 Å². The zero-order valence-corrected chi connectivity index (χ0v) is 13.8. The van der Waals surface area contributed by atoms with Gasteiger partial charge in [0.05, 0.1) is 0 Å². The van der Waals surface area contributed by atoms with E-state index in [-0.39, 0.29) is 5.91 Å². The molecule has 1 heterocycles. The topological polar surface area (TPSA) is 59.6 Å². The van der Waals surface area contributed by atoms with Gasteiger partial charge >= 0.3 is 0 Å². The van der Waals surface area contributed by atoms with E-state index in [2.05, 4.69) is 29.7 Å². The summed E-state index contributed by atoms with van der Waals surface area (Å²) < 4.78 is 11.0. The number of hydrogen-bond acceptors (Lipinski definition) is 4. The highest BCUT2D eigenvalue weighted by atomic mass is 16.6. The van der Waals surface area contributed by atoms with Crippen LogP contribution >= 0.6 is 0 Å². The summed E-state index contributed by atoms with van der Waals surface area (Å²) in [5, 5.41) is 6.14. The van der Waals surface area contributed by atoms with Crippen molar-refractivity contribution in [2.75, 3.05) is 30.4 Å². The largest absolute Gasteiger partial charge is 0.486 e. The van der Waals surface area contributed by atoms with Crippen LogP contribution in [0.2, 0.25) is 0 Å². The molecule has 2 aromatic rings. The maximum Gasteiger partial charge on any atom is 0.226 e. The normalized spacial score (nSPS) is 12.5. The molecule has 0 bridgehead atoms. The van der Waals surface area contributed by atoms with Gasteiger partial charge in [0.2, 0.25) is 5.91 Å². The molecule has 1 amide bonds. The lowest BCUT2D eigenvalue weighted by molar-refractivity contribution is -0.115. The molecule has 0 unspecified atom stereocenters. The number of benzene rings is 2. The molecular formula is C19H22N2O3. The lowest BCUT2D eigenvalue weighted by Crippen LogP contribution is -2.18. The minimum absolute atomic E-state index is 0.0376. The number of amides is 1. The van der Waals surface area contributed by atoms with E-state index in [1.54, 1.807) is 6.07 Å². The Morgan fingerprint density at radius 1 is 1.00 bits per heavy atom. The van der Waals surface area contributed by atoms with Gasteiger partial charge in [0.25, 0.3) is 0 Å². The zero-order valence-electron chi connectivity index (χ0n) is 13.8. The van der Waals surface area contributed by atoms with Crippen LogP contribution in [0.15, 0.2) is 42.5 Å². The number of carbonyl (C=O) groups excluding carboxylic acids is 1. The number of ether oxygens (including phenoxy) is 2. The number of rotatable bonds is 6. The van der Waals surface area contributed by atoms with Crippen LogP contribution in [0.5, 0.6) is 11.5 Å². The monoisotopic (exact) mass is 326 g/mol. The van der Waals surface area contributed by atoms with Crippen LogP contribution in [-0.4, -0.2) is 25.7 Å². The third-order valence-electron chi connectivity index (χ3n) is 3.87. The van der Waals surface area contributed by atoms with Crippen LogP contribution in [0.1, 0.15) is 18.9 Å². The van der Waals surface area contributed by atoms with Crippen LogP contribution in [0.3, 0.4) is 0 Å². The van der Waals surface area contributed by atoms with Crippen molar-refractivity contribution in [3.8, 4) is 11.5 Å². The Kier molecular flexibility index (Phi) is 5.21. The second kappa shape index (κ2) is 7.73. The van der Waals surface area contributed by atoms with Crippen LogP contribution in [0, 0.1) is 0 Å². The van der Waals surface area contributed by atoms with Gasteiger partial charge in [-0.25, -0.2) is 0 Å². The summed E-state index contributed by atoms with van der Waals surface area (Å²) in [6.45, 7) is 3.81. The highest BCUT2D eigenvalue weighted by Gasteiger charge is 2.12. The maximum atomic E-state index is 12.0. The summed E-state index contributed by atoms with van der Waals surface area (Å²) in [4.78, 5) is 12.0. The van der Waals surface area contributed by atoms with Gasteiger partial charge in [-0.05, 0) is 36.2 Å². The van der Waals surface area contributed by atoms with Crippen LogP contribution < -0.4 is 20.1 Å². The first-order valence-electron chi connectivity index (χ1n) is 8.27. The number of anilines is 2. The summed E-state index contributed by atoms with van der Waals surface area (Å²) in [7, 11) is 0. The van der Waals surface area contributed by atoms with Gasteiger partial charge in [0.1, 0.15) is 13.2 Å². The van der Waals surface area contributed by atoms with E-state index in [1.165, 1.54) is 5.56 Å². The SMILES string of the molecule is CCc1ccc(NCCC(=O)Nc2ccc3c(c2)OCCO3)cc1. The number of carbonyl (C=O) groups is 1. The van der Waals surface area contributed by atoms with Gasteiger partial charge in [-0.3, -0.25) is 4.79 Å². The van der Waals surface area contributed by atoms with Crippen molar-refractivity contribution in [2.24, 2.45) is 0 Å². The summed E-state index contributed by atoms with van der Waals surface area (Å²) in [5.74, 6) is 1.36. The predicted molar refractivity (Wildman–Crippen MR) is 95.0 cm³/mol. The maximum absolute atomic E-state index is 12.0. The zero-order chi connectivity index (χ0) is 16.8. The highest BCUT2D eigenvalue weighted by Crippen LogP contribution is 2.32. The van der Waals surface area contributed by atoms with Crippen molar-refractivity contribution in [1.82, 2.24) is 0 Å². The number of aryl methyl sites for hydroxylation is 1. The number of nitrogens with one attached hydrogen (secondary N) is 2. The van der Waals surface area contributed by atoms with Gasteiger partial charge in [0, 0.05) is 30.4 Å². The molecule has 1 aliphatic rings. The Bertz CT molecular complexity index is 698. The molecule has 3 rings (SSSR count). The third-order valence-corrected chi connectivity index (χ3v) is 3.87. The third kappa shape index (κ3) is 4.19. The standard InChI is InChI=1S/C19H22N2O3/c1-2-14-3-5-15(6-4-14)20-10-9-19(22)21-16-7-8-17-18(13-16)24-12-11-23-17/h3-8,13,20H,2,9-12H2,1H3,(H,21,22). The molecule has 0 fully saturated rings. The fourth-order valence-electron chi connectivity index (χ4n) is 2.52. The smallest absolute Gasteiger partial charge is 0.226 e. The van der Waals surface area contributed by atoms with Gasteiger partial charge in [-0.2, -0.15) is 0 Å². The van der Waals surface area contributed by atoms with E-state index in [0.29, 0.717) is 31.9 Å². The molecule has 2 N–H and O–H groups in total. The van der Waals surface area contributed by atoms with E-state index < -0.39 is 0 Å². The molecular weight excluding hydrogens is 304 g/mol. The molecule has 0 aliphatic carbocycles. The van der Waals surface area contributed by atoms with E-state index in [1.807, 2.05) is 24.3 Å². The van der Waals surface area contributed by atoms with Crippen molar-refractivity contribution >= 4 is 17.3 Å². The van der Waals surface area contributed by atoms with Crippen LogP contribution in [0.4, 0.5) is 11.4 Å². The molecule has 5 nitrogen and oxygen atoms in total. The predicted octanol–water partition coefficient (Wildman–Crippen LogP) is 3.46. The first-order chi connectivity index (χ1) is 11.7. The average Bonchev–Trinajstić information content (AvgIpc) is 2.62. The summed E-state index contributed by atoms with van der Waals surface area (Å²) in [6.07, 6.45) is 1.42. The Balaban J connectivity index is 1.47. The van der Waals surface area contributed by atoms with Crippen molar-refractivity contribution in [3.05, 3.63) is 48.0 Å².